The Balaban J connectivity index is 1.93. The Hall–Kier alpha value is -0.0100. The normalized spacial score (nSPS) is 33.0. The van der Waals surface area contributed by atoms with Gasteiger partial charge < -0.3 is 0 Å². The number of fused-ring (bicyclic) bond motifs is 2. The minimum Gasteiger partial charge on any atom is -0.0840 e. The van der Waals surface area contributed by atoms with Crippen LogP contribution in [0, 0.1) is 11.8 Å². The number of benzene rings is 1. The van der Waals surface area contributed by atoms with Gasteiger partial charge in [0.25, 0.3) is 0 Å². The number of hydrogen-bond donors (Lipinski definition) is 0. The summed E-state index contributed by atoms with van der Waals surface area (Å²) in [5.74, 6) is 2.63. The molecule has 2 fully saturated rings. The second-order valence-electron chi connectivity index (χ2n) is 5.29. The molecule has 2 saturated carbocycles. The second-order valence-corrected chi connectivity index (χ2v) is 6.61. The average molecular weight is 300 g/mol. The van der Waals surface area contributed by atoms with E-state index in [1.54, 1.807) is 0 Å². The zero-order chi connectivity index (χ0) is 11.1. The van der Waals surface area contributed by atoms with Crippen molar-refractivity contribution in [2.75, 3.05) is 0 Å². The molecule has 0 amide bonds. The zero-order valence-electron chi connectivity index (χ0n) is 9.26. The molecular formula is C14H16BrCl. The van der Waals surface area contributed by atoms with Gasteiger partial charge in [-0.25, -0.2) is 0 Å². The summed E-state index contributed by atoms with van der Waals surface area (Å²) in [7, 11) is 0. The largest absolute Gasteiger partial charge is 0.0840 e. The lowest BCUT2D eigenvalue weighted by atomic mass is 9.76. The van der Waals surface area contributed by atoms with E-state index in [2.05, 4.69) is 22.0 Å². The van der Waals surface area contributed by atoms with Crippen molar-refractivity contribution in [3.63, 3.8) is 0 Å². The van der Waals surface area contributed by atoms with Crippen molar-refractivity contribution in [1.82, 2.24) is 0 Å². The maximum atomic E-state index is 6.34. The van der Waals surface area contributed by atoms with Gasteiger partial charge in [0.05, 0.1) is 0 Å². The summed E-state index contributed by atoms with van der Waals surface area (Å²) in [6.45, 7) is 0. The van der Waals surface area contributed by atoms with E-state index in [0.717, 1.165) is 21.3 Å². The van der Waals surface area contributed by atoms with Crippen LogP contribution in [0.25, 0.3) is 0 Å². The third kappa shape index (κ3) is 1.93. The first-order valence-electron chi connectivity index (χ1n) is 6.19. The Bertz CT molecular complexity index is 402. The lowest BCUT2D eigenvalue weighted by Gasteiger charge is -2.29. The number of hydrogen-bond acceptors (Lipinski definition) is 0. The van der Waals surface area contributed by atoms with Gasteiger partial charge in [-0.05, 0) is 67.2 Å². The van der Waals surface area contributed by atoms with Gasteiger partial charge in [0.15, 0.2) is 0 Å². The van der Waals surface area contributed by atoms with Crippen LogP contribution in [-0.2, 0) is 0 Å². The highest BCUT2D eigenvalue weighted by Crippen LogP contribution is 2.50. The summed E-state index contributed by atoms with van der Waals surface area (Å²) in [5.41, 5.74) is 1.38. The Kier molecular flexibility index (Phi) is 3.01. The molecule has 0 saturated heterocycles. The van der Waals surface area contributed by atoms with Crippen molar-refractivity contribution >= 4 is 27.5 Å². The summed E-state index contributed by atoms with van der Waals surface area (Å²) < 4.78 is 1.16. The van der Waals surface area contributed by atoms with Crippen molar-refractivity contribution < 1.29 is 0 Å². The quantitative estimate of drug-likeness (QED) is 0.651. The molecule has 86 valence electrons. The fourth-order valence-corrected chi connectivity index (χ4v) is 4.24. The van der Waals surface area contributed by atoms with Gasteiger partial charge in [0.1, 0.15) is 0 Å². The third-order valence-corrected chi connectivity index (χ3v) is 5.23. The fourth-order valence-electron chi connectivity index (χ4n) is 3.60. The Morgan fingerprint density at radius 3 is 2.81 bits per heavy atom. The van der Waals surface area contributed by atoms with Gasteiger partial charge in [-0.2, -0.15) is 0 Å². The molecule has 1 aromatic carbocycles. The zero-order valence-corrected chi connectivity index (χ0v) is 11.6. The molecule has 3 atom stereocenters. The SMILES string of the molecule is Clc1ccc(Br)cc1C1CCC2CCC1C2. The number of rotatable bonds is 1. The van der Waals surface area contributed by atoms with Crippen LogP contribution in [-0.4, -0.2) is 0 Å². The van der Waals surface area contributed by atoms with Crippen molar-refractivity contribution in [1.29, 1.82) is 0 Å². The van der Waals surface area contributed by atoms with Crippen LogP contribution in [0.3, 0.4) is 0 Å². The Labute approximate surface area is 111 Å². The molecule has 2 bridgehead atoms. The monoisotopic (exact) mass is 298 g/mol. The molecule has 3 unspecified atom stereocenters. The van der Waals surface area contributed by atoms with E-state index in [0.29, 0.717) is 5.92 Å². The maximum absolute atomic E-state index is 6.34. The molecule has 2 aliphatic rings. The molecule has 16 heavy (non-hydrogen) atoms. The van der Waals surface area contributed by atoms with Gasteiger partial charge in [-0.1, -0.05) is 34.0 Å². The smallest absolute Gasteiger partial charge is 0.0441 e. The van der Waals surface area contributed by atoms with Crippen molar-refractivity contribution in [3.05, 3.63) is 33.3 Å². The van der Waals surface area contributed by atoms with Crippen LogP contribution in [0.15, 0.2) is 22.7 Å². The molecule has 0 N–H and O–H groups in total. The molecule has 0 heterocycles. The van der Waals surface area contributed by atoms with Gasteiger partial charge in [0, 0.05) is 9.50 Å². The Morgan fingerprint density at radius 1 is 1.12 bits per heavy atom. The fraction of sp³-hybridized carbons (Fsp3) is 0.571. The molecule has 3 rings (SSSR count). The van der Waals surface area contributed by atoms with E-state index in [-0.39, 0.29) is 0 Å². The van der Waals surface area contributed by atoms with Crippen LogP contribution in [0.4, 0.5) is 0 Å². The van der Waals surface area contributed by atoms with Crippen LogP contribution in [0.5, 0.6) is 0 Å². The van der Waals surface area contributed by atoms with E-state index >= 15 is 0 Å². The standard InChI is InChI=1S/C14H16BrCl/c15-11-4-6-14(16)13(8-11)12-5-2-9-1-3-10(12)7-9/h4,6,8-10,12H,1-3,5,7H2. The van der Waals surface area contributed by atoms with Crippen molar-refractivity contribution in [2.24, 2.45) is 11.8 Å². The molecule has 0 radical (unpaired) electrons. The van der Waals surface area contributed by atoms with Crippen LogP contribution < -0.4 is 0 Å². The van der Waals surface area contributed by atoms with Crippen LogP contribution >= 0.6 is 27.5 Å². The van der Waals surface area contributed by atoms with Gasteiger partial charge in [0.2, 0.25) is 0 Å². The summed E-state index contributed by atoms with van der Waals surface area (Å²) in [6, 6.07) is 6.29. The molecule has 2 aliphatic carbocycles. The Morgan fingerprint density at radius 2 is 1.94 bits per heavy atom. The van der Waals surface area contributed by atoms with Gasteiger partial charge >= 0.3 is 0 Å². The minimum absolute atomic E-state index is 0.712. The summed E-state index contributed by atoms with van der Waals surface area (Å²) >= 11 is 9.90. The lowest BCUT2D eigenvalue weighted by molar-refractivity contribution is 0.313. The average Bonchev–Trinajstić information content (AvgIpc) is 2.65. The predicted octanol–water partition coefficient (Wildman–Crippen LogP) is 5.40. The van der Waals surface area contributed by atoms with Gasteiger partial charge in [-0.15, -0.1) is 0 Å². The summed E-state index contributed by atoms with van der Waals surface area (Å²) in [6.07, 6.45) is 7.05. The lowest BCUT2D eigenvalue weighted by Crippen LogP contribution is -2.16. The number of halogens is 2. The molecule has 0 aliphatic heterocycles. The highest BCUT2D eigenvalue weighted by atomic mass is 79.9. The maximum Gasteiger partial charge on any atom is 0.0441 e. The molecular weight excluding hydrogens is 284 g/mol. The highest BCUT2D eigenvalue weighted by Gasteiger charge is 2.37. The molecule has 1 aromatic rings. The van der Waals surface area contributed by atoms with Crippen molar-refractivity contribution in [3.8, 4) is 0 Å². The molecule has 0 nitrogen and oxygen atoms in total. The van der Waals surface area contributed by atoms with E-state index in [4.69, 9.17) is 11.6 Å². The van der Waals surface area contributed by atoms with E-state index in [1.165, 1.54) is 37.7 Å². The minimum atomic E-state index is 0.712. The van der Waals surface area contributed by atoms with Crippen molar-refractivity contribution in [2.45, 2.75) is 38.0 Å². The van der Waals surface area contributed by atoms with E-state index in [9.17, 15) is 0 Å². The van der Waals surface area contributed by atoms with Gasteiger partial charge in [-0.3, -0.25) is 0 Å². The third-order valence-electron chi connectivity index (χ3n) is 4.39. The first kappa shape index (κ1) is 11.1. The molecule has 2 heteroatoms. The van der Waals surface area contributed by atoms with Crippen LogP contribution in [0.2, 0.25) is 5.02 Å². The molecule has 0 spiro atoms. The highest BCUT2D eigenvalue weighted by molar-refractivity contribution is 9.10. The summed E-state index contributed by atoms with van der Waals surface area (Å²) in [4.78, 5) is 0. The first-order chi connectivity index (χ1) is 7.74. The van der Waals surface area contributed by atoms with Crippen LogP contribution in [0.1, 0.15) is 43.6 Å². The first-order valence-corrected chi connectivity index (χ1v) is 7.36. The van der Waals surface area contributed by atoms with E-state index < -0.39 is 0 Å². The second kappa shape index (κ2) is 4.34. The summed E-state index contributed by atoms with van der Waals surface area (Å²) in [5, 5.41) is 0.957. The van der Waals surface area contributed by atoms with E-state index in [1.807, 2.05) is 12.1 Å². The molecule has 0 aromatic heterocycles. The predicted molar refractivity (Wildman–Crippen MR) is 72.0 cm³/mol. The topological polar surface area (TPSA) is 0 Å².